The Morgan fingerprint density at radius 1 is 1.20 bits per heavy atom. The molecule has 0 spiro atoms. The van der Waals surface area contributed by atoms with Crippen LogP contribution in [0.25, 0.3) is 0 Å². The van der Waals surface area contributed by atoms with Crippen molar-refractivity contribution in [2.24, 2.45) is 0 Å². The zero-order valence-electron chi connectivity index (χ0n) is 11.5. The third kappa shape index (κ3) is 2.15. The summed E-state index contributed by atoms with van der Waals surface area (Å²) in [4.78, 5) is 0. The van der Waals surface area contributed by atoms with E-state index >= 15 is 0 Å². The monoisotopic (exact) mass is 288 g/mol. The lowest BCUT2D eigenvalue weighted by atomic mass is 9.95. The lowest BCUT2D eigenvalue weighted by Crippen LogP contribution is -2.27. The zero-order chi connectivity index (χ0) is 13.4. The van der Waals surface area contributed by atoms with Gasteiger partial charge in [0.15, 0.2) is 0 Å². The summed E-state index contributed by atoms with van der Waals surface area (Å²) in [7, 11) is 0. The quantitative estimate of drug-likeness (QED) is 0.893. The first kappa shape index (κ1) is 12.4. The molecule has 4 rings (SSSR count). The Hall–Kier alpha value is -1.33. The van der Waals surface area contributed by atoms with Gasteiger partial charge in [0, 0.05) is 18.5 Å². The smallest absolute Gasteiger partial charge is 0.125 e. The van der Waals surface area contributed by atoms with E-state index in [1.54, 1.807) is 11.3 Å². The number of aromatic nitrogens is 2. The lowest BCUT2D eigenvalue weighted by molar-refractivity contribution is 0.434. The van der Waals surface area contributed by atoms with Crippen molar-refractivity contribution in [2.45, 2.75) is 31.2 Å². The molecule has 1 fully saturated rings. The topological polar surface area (TPSA) is 41.9 Å². The number of hydrogen-bond acceptors (Lipinski definition) is 4. The van der Waals surface area contributed by atoms with Crippen LogP contribution < -0.4 is 10.6 Å². The molecule has 2 aromatic rings. The third-order valence-electron chi connectivity index (χ3n) is 4.46. The molecule has 0 aliphatic carbocycles. The standard InChI is InChI=1S/C15H20N4S/c1-5-16-6-2-11(1)13-9-15-17-7-3-14(19(15)18-13)12-4-8-20-10-12/h4,8-11,14,16-17H,1-3,5-7H2. The minimum Gasteiger partial charge on any atom is -0.370 e. The fourth-order valence-electron chi connectivity index (χ4n) is 3.33. The molecule has 1 atom stereocenters. The van der Waals surface area contributed by atoms with Crippen molar-refractivity contribution < 1.29 is 0 Å². The summed E-state index contributed by atoms with van der Waals surface area (Å²) in [6.07, 6.45) is 3.54. The van der Waals surface area contributed by atoms with E-state index in [1.807, 2.05) is 0 Å². The summed E-state index contributed by atoms with van der Waals surface area (Å²) < 4.78 is 2.21. The summed E-state index contributed by atoms with van der Waals surface area (Å²) in [5, 5.41) is 16.3. The predicted molar refractivity (Wildman–Crippen MR) is 82.6 cm³/mol. The molecule has 2 aliphatic rings. The number of rotatable bonds is 2. The van der Waals surface area contributed by atoms with Gasteiger partial charge >= 0.3 is 0 Å². The Kier molecular flexibility index (Phi) is 3.24. The van der Waals surface area contributed by atoms with Crippen LogP contribution in [-0.2, 0) is 0 Å². The Balaban J connectivity index is 1.66. The SMILES string of the molecule is c1cc(C2CCNc3cc(C4CCNCC4)nn32)cs1. The largest absolute Gasteiger partial charge is 0.370 e. The van der Waals surface area contributed by atoms with Gasteiger partial charge in [0.2, 0.25) is 0 Å². The van der Waals surface area contributed by atoms with Crippen LogP contribution >= 0.6 is 11.3 Å². The van der Waals surface area contributed by atoms with E-state index in [0.717, 1.165) is 26.1 Å². The van der Waals surface area contributed by atoms with Gasteiger partial charge in [-0.15, -0.1) is 0 Å². The Labute approximate surface area is 123 Å². The molecule has 20 heavy (non-hydrogen) atoms. The minimum atomic E-state index is 0.410. The van der Waals surface area contributed by atoms with E-state index < -0.39 is 0 Å². The summed E-state index contributed by atoms with van der Waals surface area (Å²) in [6.45, 7) is 3.28. The zero-order valence-corrected chi connectivity index (χ0v) is 12.3. The minimum absolute atomic E-state index is 0.410. The first-order chi connectivity index (χ1) is 9.92. The highest BCUT2D eigenvalue weighted by Crippen LogP contribution is 2.34. The van der Waals surface area contributed by atoms with Crippen molar-refractivity contribution in [3.05, 3.63) is 34.2 Å². The number of nitrogens with zero attached hydrogens (tertiary/aromatic N) is 2. The van der Waals surface area contributed by atoms with Crippen molar-refractivity contribution in [1.29, 1.82) is 0 Å². The molecule has 4 heterocycles. The summed E-state index contributed by atoms with van der Waals surface area (Å²) in [6, 6.07) is 4.91. The van der Waals surface area contributed by atoms with Crippen LogP contribution in [0.2, 0.25) is 0 Å². The van der Waals surface area contributed by atoms with Gasteiger partial charge in [0.05, 0.1) is 11.7 Å². The van der Waals surface area contributed by atoms with Gasteiger partial charge in [0.1, 0.15) is 5.82 Å². The molecule has 0 amide bonds. The summed E-state index contributed by atoms with van der Waals surface area (Å²) in [5.74, 6) is 1.82. The third-order valence-corrected chi connectivity index (χ3v) is 5.16. The molecule has 0 radical (unpaired) electrons. The van der Waals surface area contributed by atoms with Crippen molar-refractivity contribution in [1.82, 2.24) is 15.1 Å². The van der Waals surface area contributed by atoms with Crippen LogP contribution in [0.15, 0.2) is 22.9 Å². The van der Waals surface area contributed by atoms with E-state index in [2.05, 4.69) is 38.2 Å². The van der Waals surface area contributed by atoms with E-state index in [4.69, 9.17) is 5.10 Å². The molecule has 2 N–H and O–H groups in total. The summed E-state index contributed by atoms with van der Waals surface area (Å²) in [5.41, 5.74) is 2.67. The maximum absolute atomic E-state index is 4.94. The van der Waals surface area contributed by atoms with Crippen LogP contribution in [0.1, 0.15) is 42.5 Å². The van der Waals surface area contributed by atoms with Gasteiger partial charge in [0.25, 0.3) is 0 Å². The van der Waals surface area contributed by atoms with Crippen molar-refractivity contribution in [2.75, 3.05) is 25.0 Å². The van der Waals surface area contributed by atoms with Crippen molar-refractivity contribution >= 4 is 17.2 Å². The van der Waals surface area contributed by atoms with Crippen LogP contribution in [0.4, 0.5) is 5.82 Å². The number of anilines is 1. The lowest BCUT2D eigenvalue weighted by Gasteiger charge is -2.25. The summed E-state index contributed by atoms with van der Waals surface area (Å²) >= 11 is 1.77. The Morgan fingerprint density at radius 3 is 2.90 bits per heavy atom. The highest BCUT2D eigenvalue weighted by atomic mass is 32.1. The molecular formula is C15H20N4S. The van der Waals surface area contributed by atoms with Gasteiger partial charge in [-0.1, -0.05) is 0 Å². The number of thiophene rings is 1. The number of piperidine rings is 1. The maximum atomic E-state index is 4.94. The van der Waals surface area contributed by atoms with Gasteiger partial charge in [-0.05, 0) is 54.7 Å². The molecule has 5 heteroatoms. The molecule has 0 aromatic carbocycles. The highest BCUT2D eigenvalue weighted by Gasteiger charge is 2.26. The Morgan fingerprint density at radius 2 is 2.10 bits per heavy atom. The molecule has 1 saturated heterocycles. The van der Waals surface area contributed by atoms with E-state index in [0.29, 0.717) is 12.0 Å². The highest BCUT2D eigenvalue weighted by molar-refractivity contribution is 7.07. The van der Waals surface area contributed by atoms with E-state index in [1.165, 1.54) is 29.9 Å². The van der Waals surface area contributed by atoms with E-state index in [-0.39, 0.29) is 0 Å². The van der Waals surface area contributed by atoms with Gasteiger partial charge in [-0.25, -0.2) is 4.68 Å². The fraction of sp³-hybridized carbons (Fsp3) is 0.533. The average Bonchev–Trinajstić information content (AvgIpc) is 3.17. The van der Waals surface area contributed by atoms with E-state index in [9.17, 15) is 0 Å². The number of nitrogens with one attached hydrogen (secondary N) is 2. The van der Waals surface area contributed by atoms with Gasteiger partial charge < -0.3 is 10.6 Å². The van der Waals surface area contributed by atoms with Crippen LogP contribution in [-0.4, -0.2) is 29.4 Å². The predicted octanol–water partition coefficient (Wildman–Crippen LogP) is 2.82. The second kappa shape index (κ2) is 5.22. The van der Waals surface area contributed by atoms with Crippen LogP contribution in [0.5, 0.6) is 0 Å². The average molecular weight is 288 g/mol. The molecule has 4 nitrogen and oxygen atoms in total. The molecule has 0 bridgehead atoms. The molecule has 106 valence electrons. The first-order valence-electron chi connectivity index (χ1n) is 7.48. The second-order valence-corrected chi connectivity index (χ2v) is 6.49. The van der Waals surface area contributed by atoms with Crippen molar-refractivity contribution in [3.63, 3.8) is 0 Å². The second-order valence-electron chi connectivity index (χ2n) is 5.71. The molecule has 1 unspecified atom stereocenters. The van der Waals surface area contributed by atoms with Crippen LogP contribution in [0.3, 0.4) is 0 Å². The number of hydrogen-bond donors (Lipinski definition) is 2. The molecule has 2 aromatic heterocycles. The first-order valence-corrected chi connectivity index (χ1v) is 8.42. The number of fused-ring (bicyclic) bond motifs is 1. The maximum Gasteiger partial charge on any atom is 0.125 e. The Bertz CT molecular complexity index is 569. The molecule has 2 aliphatic heterocycles. The molecule has 0 saturated carbocycles. The van der Waals surface area contributed by atoms with Crippen LogP contribution in [0, 0.1) is 0 Å². The van der Waals surface area contributed by atoms with Crippen molar-refractivity contribution in [3.8, 4) is 0 Å². The normalized spacial score (nSPS) is 23.3. The fourth-order valence-corrected chi connectivity index (χ4v) is 4.04. The van der Waals surface area contributed by atoms with Gasteiger partial charge in [-0.3, -0.25) is 0 Å². The molecular weight excluding hydrogens is 268 g/mol. The van der Waals surface area contributed by atoms with Gasteiger partial charge in [-0.2, -0.15) is 16.4 Å².